The zero-order chi connectivity index (χ0) is 20.1. The molecule has 146 valence electrons. The third-order valence-corrected chi connectivity index (χ3v) is 3.95. The van der Waals surface area contributed by atoms with E-state index in [9.17, 15) is 18.0 Å². The van der Waals surface area contributed by atoms with Crippen LogP contribution in [0, 0.1) is 6.92 Å². The molecule has 0 aliphatic rings. The van der Waals surface area contributed by atoms with E-state index in [1.807, 2.05) is 18.2 Å². The molecule has 0 radical (unpaired) electrons. The molecule has 0 aliphatic heterocycles. The first-order valence-electron chi connectivity index (χ1n) is 8.44. The third-order valence-electron chi connectivity index (χ3n) is 3.95. The van der Waals surface area contributed by atoms with Crippen molar-refractivity contribution in [1.29, 1.82) is 0 Å². The Morgan fingerprint density at radius 3 is 2.57 bits per heavy atom. The highest BCUT2D eigenvalue weighted by molar-refractivity contribution is 6.00. The largest absolute Gasteiger partial charge is 0.419 e. The van der Waals surface area contributed by atoms with Gasteiger partial charge >= 0.3 is 6.18 Å². The molecule has 28 heavy (non-hydrogen) atoms. The van der Waals surface area contributed by atoms with Gasteiger partial charge < -0.3 is 15.2 Å². The lowest BCUT2D eigenvalue weighted by atomic mass is 10.1. The van der Waals surface area contributed by atoms with Crippen LogP contribution in [0.15, 0.2) is 53.2 Å². The zero-order valence-corrected chi connectivity index (χ0v) is 14.9. The number of halogens is 3. The molecule has 6 nitrogen and oxygen atoms in total. The topological polar surface area (TPSA) is 80.0 Å². The number of rotatable bonds is 6. The normalized spacial score (nSPS) is 11.3. The quantitative estimate of drug-likeness (QED) is 0.624. The van der Waals surface area contributed by atoms with E-state index in [1.54, 1.807) is 19.1 Å². The van der Waals surface area contributed by atoms with Gasteiger partial charge in [0.05, 0.1) is 5.56 Å². The zero-order valence-electron chi connectivity index (χ0n) is 14.9. The highest BCUT2D eigenvalue weighted by Gasteiger charge is 2.34. The number of nitrogens with one attached hydrogen (secondary N) is 2. The van der Waals surface area contributed by atoms with E-state index in [4.69, 9.17) is 4.52 Å². The molecule has 3 rings (SSSR count). The number of carbonyl (C=O) groups is 1. The molecule has 3 aromatic rings. The molecule has 0 bridgehead atoms. The van der Waals surface area contributed by atoms with Crippen LogP contribution in [0.25, 0.3) is 11.3 Å². The van der Waals surface area contributed by atoms with Gasteiger partial charge in [0, 0.05) is 24.8 Å². The molecule has 2 heterocycles. The van der Waals surface area contributed by atoms with Crippen LogP contribution in [0.5, 0.6) is 0 Å². The van der Waals surface area contributed by atoms with Crippen LogP contribution in [0.3, 0.4) is 0 Å². The molecule has 0 unspecified atom stereocenters. The van der Waals surface area contributed by atoms with E-state index in [0.29, 0.717) is 17.0 Å². The minimum absolute atomic E-state index is 0.0663. The van der Waals surface area contributed by atoms with Gasteiger partial charge in [-0.3, -0.25) is 4.79 Å². The van der Waals surface area contributed by atoms with Gasteiger partial charge in [0.2, 0.25) is 0 Å². The predicted molar refractivity (Wildman–Crippen MR) is 96.7 cm³/mol. The molecule has 1 amide bonds. The van der Waals surface area contributed by atoms with Crippen molar-refractivity contribution in [2.24, 2.45) is 0 Å². The summed E-state index contributed by atoms with van der Waals surface area (Å²) in [4.78, 5) is 16.2. The summed E-state index contributed by atoms with van der Waals surface area (Å²) in [5.74, 6) is -0.347. The molecule has 0 saturated carbocycles. The summed E-state index contributed by atoms with van der Waals surface area (Å²) in [5.41, 5.74) is 0.571. The maximum Gasteiger partial charge on any atom is 0.419 e. The Morgan fingerprint density at radius 2 is 1.86 bits per heavy atom. The summed E-state index contributed by atoms with van der Waals surface area (Å²) < 4.78 is 44.0. The number of pyridine rings is 1. The summed E-state index contributed by atoms with van der Waals surface area (Å²) in [6.45, 7) is 1.78. The van der Waals surface area contributed by atoms with Crippen molar-refractivity contribution < 1.29 is 22.5 Å². The molecular weight excluding hydrogens is 373 g/mol. The molecule has 0 saturated heterocycles. The van der Waals surface area contributed by atoms with Crippen molar-refractivity contribution in [2.75, 3.05) is 18.4 Å². The maximum absolute atomic E-state index is 13.0. The van der Waals surface area contributed by atoms with Crippen LogP contribution in [-0.2, 0) is 6.18 Å². The highest BCUT2D eigenvalue weighted by Crippen LogP contribution is 2.33. The number of hydrogen-bond acceptors (Lipinski definition) is 5. The molecule has 9 heteroatoms. The first kappa shape index (κ1) is 19.4. The second kappa shape index (κ2) is 8.12. The van der Waals surface area contributed by atoms with Gasteiger partial charge in [0.25, 0.3) is 5.91 Å². The number of benzene rings is 1. The fraction of sp³-hybridized carbons (Fsp3) is 0.211. The van der Waals surface area contributed by atoms with E-state index in [2.05, 4.69) is 20.8 Å². The molecule has 0 aliphatic carbocycles. The number of aryl methyl sites for hydroxylation is 1. The lowest BCUT2D eigenvalue weighted by molar-refractivity contribution is -0.137. The minimum Gasteiger partial charge on any atom is -0.368 e. The summed E-state index contributed by atoms with van der Waals surface area (Å²) in [6.07, 6.45) is -3.24. The lowest BCUT2D eigenvalue weighted by Gasteiger charge is -2.13. The van der Waals surface area contributed by atoms with Gasteiger partial charge in [0.1, 0.15) is 22.8 Å². The summed E-state index contributed by atoms with van der Waals surface area (Å²) in [6, 6.07) is 11.2. The molecule has 2 aromatic heterocycles. The van der Waals surface area contributed by atoms with E-state index in [-0.39, 0.29) is 18.9 Å². The van der Waals surface area contributed by atoms with Gasteiger partial charge in [-0.2, -0.15) is 13.2 Å². The van der Waals surface area contributed by atoms with Crippen molar-refractivity contribution >= 4 is 11.7 Å². The predicted octanol–water partition coefficient (Wildman–Crippen LogP) is 3.91. The Hall–Kier alpha value is -3.36. The number of carbonyl (C=O) groups excluding carboxylic acids is 1. The monoisotopic (exact) mass is 390 g/mol. The fourth-order valence-corrected chi connectivity index (χ4v) is 2.65. The Balaban J connectivity index is 1.63. The van der Waals surface area contributed by atoms with Crippen molar-refractivity contribution in [1.82, 2.24) is 15.5 Å². The average Bonchev–Trinajstić information content (AvgIpc) is 3.07. The van der Waals surface area contributed by atoms with Crippen LogP contribution in [0.1, 0.15) is 21.7 Å². The second-order valence-electron chi connectivity index (χ2n) is 5.91. The number of nitrogens with zero attached hydrogens (tertiary/aromatic N) is 2. The van der Waals surface area contributed by atoms with Crippen molar-refractivity contribution in [3.63, 3.8) is 0 Å². The first-order valence-corrected chi connectivity index (χ1v) is 8.44. The minimum atomic E-state index is -4.51. The number of alkyl halides is 3. The molecule has 2 N–H and O–H groups in total. The molecule has 0 spiro atoms. The van der Waals surface area contributed by atoms with Gasteiger partial charge in [-0.1, -0.05) is 35.5 Å². The second-order valence-corrected chi connectivity index (χ2v) is 5.91. The Kier molecular flexibility index (Phi) is 5.62. The first-order chi connectivity index (χ1) is 13.4. The van der Waals surface area contributed by atoms with Gasteiger partial charge in [-0.05, 0) is 19.1 Å². The molecule has 0 atom stereocenters. The van der Waals surface area contributed by atoms with E-state index < -0.39 is 17.6 Å². The summed E-state index contributed by atoms with van der Waals surface area (Å²) in [5, 5.41) is 9.19. The smallest absolute Gasteiger partial charge is 0.368 e. The summed E-state index contributed by atoms with van der Waals surface area (Å²) >= 11 is 0. The molecular formula is C19H17F3N4O2. The van der Waals surface area contributed by atoms with Gasteiger partial charge in [0.15, 0.2) is 0 Å². The standard InChI is InChI=1S/C19H17F3N4O2/c1-12-15(16(26-28-12)13-6-3-2-4-7-13)18(27)25-11-10-24-17-14(19(20,21)22)8-5-9-23-17/h2-9H,10-11H2,1H3,(H,23,24)(H,25,27). The van der Waals surface area contributed by atoms with Crippen LogP contribution in [0.2, 0.25) is 0 Å². The number of anilines is 1. The van der Waals surface area contributed by atoms with Crippen LogP contribution in [0.4, 0.5) is 19.0 Å². The SMILES string of the molecule is Cc1onc(-c2ccccc2)c1C(=O)NCCNc1ncccc1C(F)(F)F. The number of aromatic nitrogens is 2. The number of hydrogen-bond donors (Lipinski definition) is 2. The lowest BCUT2D eigenvalue weighted by Crippen LogP contribution is -2.29. The van der Waals surface area contributed by atoms with Crippen LogP contribution >= 0.6 is 0 Å². The van der Waals surface area contributed by atoms with Crippen LogP contribution in [-0.4, -0.2) is 29.1 Å². The number of amides is 1. The highest BCUT2D eigenvalue weighted by atomic mass is 19.4. The summed E-state index contributed by atoms with van der Waals surface area (Å²) in [7, 11) is 0. The van der Waals surface area contributed by atoms with E-state index >= 15 is 0 Å². The van der Waals surface area contributed by atoms with E-state index in [1.165, 1.54) is 12.3 Å². The van der Waals surface area contributed by atoms with Crippen LogP contribution < -0.4 is 10.6 Å². The Labute approximate surface area is 158 Å². The van der Waals surface area contributed by atoms with Crippen molar-refractivity contribution in [3.8, 4) is 11.3 Å². The molecule has 1 aromatic carbocycles. The van der Waals surface area contributed by atoms with Crippen molar-refractivity contribution in [2.45, 2.75) is 13.1 Å². The van der Waals surface area contributed by atoms with Gasteiger partial charge in [-0.15, -0.1) is 0 Å². The Bertz CT molecular complexity index is 955. The fourth-order valence-electron chi connectivity index (χ4n) is 2.65. The van der Waals surface area contributed by atoms with Crippen molar-refractivity contribution in [3.05, 3.63) is 65.5 Å². The average molecular weight is 390 g/mol. The van der Waals surface area contributed by atoms with E-state index in [0.717, 1.165) is 11.6 Å². The third kappa shape index (κ3) is 4.30. The molecule has 0 fully saturated rings. The maximum atomic E-state index is 13.0. The van der Waals surface area contributed by atoms with Gasteiger partial charge in [-0.25, -0.2) is 4.98 Å². The Morgan fingerprint density at radius 1 is 1.11 bits per heavy atom.